The molecule has 3 nitrogen and oxygen atoms in total. The molecule has 0 aromatic heterocycles. The predicted molar refractivity (Wildman–Crippen MR) is 35.1 cm³/mol. The zero-order valence-corrected chi connectivity index (χ0v) is 4.54. The molecule has 0 heterocycles. The molecular formula is C5H9N3. The van der Waals surface area contributed by atoms with Gasteiger partial charge in [0.05, 0.1) is 6.20 Å². The lowest BCUT2D eigenvalue weighted by atomic mass is 10.7. The van der Waals surface area contributed by atoms with Crippen molar-refractivity contribution in [3.63, 3.8) is 0 Å². The van der Waals surface area contributed by atoms with Crippen molar-refractivity contribution in [1.29, 1.82) is 0 Å². The van der Waals surface area contributed by atoms with E-state index in [-0.39, 0.29) is 5.82 Å². The van der Waals surface area contributed by atoms with Crippen LogP contribution in [0.5, 0.6) is 0 Å². The van der Waals surface area contributed by atoms with Gasteiger partial charge < -0.3 is 11.5 Å². The van der Waals surface area contributed by atoms with Crippen LogP contribution < -0.4 is 11.5 Å². The van der Waals surface area contributed by atoms with E-state index in [0.717, 1.165) is 0 Å². The summed E-state index contributed by atoms with van der Waals surface area (Å²) in [4.78, 5) is 3.63. The van der Waals surface area contributed by atoms with Crippen LogP contribution in [0.25, 0.3) is 0 Å². The maximum Gasteiger partial charge on any atom is 0.112 e. The lowest BCUT2D eigenvalue weighted by Gasteiger charge is -1.81. The Morgan fingerprint density at radius 2 is 2.12 bits per heavy atom. The summed E-state index contributed by atoms with van der Waals surface area (Å²) in [6.07, 6.45) is 4.39. The first-order valence-corrected chi connectivity index (χ1v) is 2.12. The van der Waals surface area contributed by atoms with E-state index in [2.05, 4.69) is 11.6 Å². The summed E-state index contributed by atoms with van der Waals surface area (Å²) in [5.74, 6) is 0.197. The molecule has 3 heteroatoms. The van der Waals surface area contributed by atoms with Gasteiger partial charge in [0, 0.05) is 6.21 Å². The van der Waals surface area contributed by atoms with E-state index in [1.54, 1.807) is 6.08 Å². The lowest BCUT2D eigenvalue weighted by Crippen LogP contribution is -2.06. The fourth-order valence-electron chi connectivity index (χ4n) is 0.190. The van der Waals surface area contributed by atoms with Crippen LogP contribution in [0.15, 0.2) is 29.7 Å². The summed E-state index contributed by atoms with van der Waals surface area (Å²) in [5.41, 5.74) is 10.0. The molecule has 0 bridgehead atoms. The molecule has 4 N–H and O–H groups in total. The molecule has 0 amide bonds. The molecule has 0 spiro atoms. The van der Waals surface area contributed by atoms with Gasteiger partial charge in [-0.2, -0.15) is 0 Å². The number of allylic oxidation sites excluding steroid dienone is 1. The second-order valence-electron chi connectivity index (χ2n) is 1.16. The molecule has 0 atom stereocenters. The van der Waals surface area contributed by atoms with Crippen molar-refractivity contribution in [1.82, 2.24) is 0 Å². The summed E-state index contributed by atoms with van der Waals surface area (Å²) in [6.45, 7) is 3.40. The number of hydrogen-bond acceptors (Lipinski definition) is 3. The first-order valence-electron chi connectivity index (χ1n) is 2.12. The molecule has 0 aliphatic rings. The fourth-order valence-corrected chi connectivity index (χ4v) is 0.190. The van der Waals surface area contributed by atoms with Gasteiger partial charge in [0.2, 0.25) is 0 Å². The molecule has 0 rings (SSSR count). The molecule has 0 unspecified atom stereocenters. The Morgan fingerprint density at radius 1 is 1.50 bits per heavy atom. The third-order valence-electron chi connectivity index (χ3n) is 0.415. The van der Waals surface area contributed by atoms with Crippen molar-refractivity contribution in [3.05, 3.63) is 24.7 Å². The highest BCUT2D eigenvalue weighted by Crippen LogP contribution is 1.70. The molecule has 0 aromatic rings. The Labute approximate surface area is 48.4 Å². The third-order valence-corrected chi connectivity index (χ3v) is 0.415. The van der Waals surface area contributed by atoms with E-state index in [0.29, 0.717) is 0 Å². The molecule has 44 valence electrons. The van der Waals surface area contributed by atoms with E-state index in [1.807, 2.05) is 0 Å². The average Bonchev–Trinajstić information content (AvgIpc) is 1.66. The SMILES string of the molecule is C=CC=NC=C(N)N. The molecule has 8 heavy (non-hydrogen) atoms. The van der Waals surface area contributed by atoms with Crippen LogP contribution in [0.1, 0.15) is 0 Å². The maximum atomic E-state index is 5.02. The highest BCUT2D eigenvalue weighted by atomic mass is 14.8. The van der Waals surface area contributed by atoms with Crippen LogP contribution in [-0.4, -0.2) is 6.21 Å². The molecule has 0 aromatic carbocycles. The van der Waals surface area contributed by atoms with Gasteiger partial charge in [0.15, 0.2) is 0 Å². The van der Waals surface area contributed by atoms with E-state index in [1.165, 1.54) is 12.4 Å². The zero-order valence-electron chi connectivity index (χ0n) is 4.54. The lowest BCUT2D eigenvalue weighted by molar-refractivity contribution is 1.22. The Kier molecular flexibility index (Phi) is 3.31. The fraction of sp³-hybridized carbons (Fsp3) is 0. The Balaban J connectivity index is 3.57. The van der Waals surface area contributed by atoms with Gasteiger partial charge in [-0.1, -0.05) is 12.7 Å². The summed E-state index contributed by atoms with van der Waals surface area (Å²) in [6, 6.07) is 0. The first kappa shape index (κ1) is 6.75. The molecular weight excluding hydrogens is 102 g/mol. The Bertz CT molecular complexity index is 120. The monoisotopic (exact) mass is 111 g/mol. The van der Waals surface area contributed by atoms with Crippen LogP contribution in [0.2, 0.25) is 0 Å². The quantitative estimate of drug-likeness (QED) is 0.491. The highest BCUT2D eigenvalue weighted by molar-refractivity contribution is 5.70. The zero-order chi connectivity index (χ0) is 6.41. The van der Waals surface area contributed by atoms with Gasteiger partial charge in [-0.3, -0.25) is 4.99 Å². The van der Waals surface area contributed by atoms with E-state index >= 15 is 0 Å². The van der Waals surface area contributed by atoms with Crippen LogP contribution >= 0.6 is 0 Å². The Morgan fingerprint density at radius 3 is 2.50 bits per heavy atom. The van der Waals surface area contributed by atoms with E-state index < -0.39 is 0 Å². The van der Waals surface area contributed by atoms with Gasteiger partial charge in [-0.25, -0.2) is 0 Å². The van der Waals surface area contributed by atoms with Crippen molar-refractivity contribution in [2.45, 2.75) is 0 Å². The van der Waals surface area contributed by atoms with Crippen LogP contribution in [-0.2, 0) is 0 Å². The molecule has 0 saturated carbocycles. The van der Waals surface area contributed by atoms with Gasteiger partial charge in [0.1, 0.15) is 5.82 Å². The van der Waals surface area contributed by atoms with Gasteiger partial charge in [0.25, 0.3) is 0 Å². The summed E-state index contributed by atoms with van der Waals surface area (Å²) < 4.78 is 0. The molecule has 0 aliphatic heterocycles. The van der Waals surface area contributed by atoms with Crippen LogP contribution in [0.3, 0.4) is 0 Å². The van der Waals surface area contributed by atoms with Crippen LogP contribution in [0, 0.1) is 0 Å². The minimum absolute atomic E-state index is 0.197. The van der Waals surface area contributed by atoms with E-state index in [4.69, 9.17) is 11.5 Å². The second kappa shape index (κ2) is 3.92. The van der Waals surface area contributed by atoms with Gasteiger partial charge in [-0.05, 0) is 0 Å². The van der Waals surface area contributed by atoms with E-state index in [9.17, 15) is 0 Å². The first-order chi connectivity index (χ1) is 3.77. The van der Waals surface area contributed by atoms with Crippen molar-refractivity contribution in [3.8, 4) is 0 Å². The maximum absolute atomic E-state index is 5.02. The number of nitrogens with zero attached hydrogens (tertiary/aromatic N) is 1. The smallest absolute Gasteiger partial charge is 0.112 e. The molecule has 0 aliphatic carbocycles. The standard InChI is InChI=1S/C5H9N3/c1-2-3-8-4-5(6)7/h2-4H,1,6-7H2. The normalized spacial score (nSPS) is 9.00. The topological polar surface area (TPSA) is 64.4 Å². The van der Waals surface area contributed by atoms with Gasteiger partial charge >= 0.3 is 0 Å². The molecule has 0 radical (unpaired) electrons. The second-order valence-corrected chi connectivity index (χ2v) is 1.16. The molecule has 0 fully saturated rings. The minimum Gasteiger partial charge on any atom is -0.384 e. The van der Waals surface area contributed by atoms with Crippen LogP contribution in [0.4, 0.5) is 0 Å². The summed E-state index contributed by atoms with van der Waals surface area (Å²) in [7, 11) is 0. The molecule has 0 saturated heterocycles. The number of hydrogen-bond donors (Lipinski definition) is 2. The summed E-state index contributed by atoms with van der Waals surface area (Å²) in [5, 5.41) is 0. The minimum atomic E-state index is 0.197. The number of rotatable bonds is 2. The predicted octanol–water partition coefficient (Wildman–Crippen LogP) is -0.0405. The van der Waals surface area contributed by atoms with Crippen molar-refractivity contribution in [2.75, 3.05) is 0 Å². The highest BCUT2D eigenvalue weighted by Gasteiger charge is 1.67. The van der Waals surface area contributed by atoms with Crippen molar-refractivity contribution >= 4 is 6.21 Å². The number of aliphatic imine (C=N–C) groups is 1. The van der Waals surface area contributed by atoms with Crippen molar-refractivity contribution < 1.29 is 0 Å². The average molecular weight is 111 g/mol. The van der Waals surface area contributed by atoms with Gasteiger partial charge in [-0.15, -0.1) is 0 Å². The summed E-state index contributed by atoms with van der Waals surface area (Å²) >= 11 is 0. The third kappa shape index (κ3) is 4.75. The largest absolute Gasteiger partial charge is 0.384 e. The van der Waals surface area contributed by atoms with Crippen molar-refractivity contribution in [2.24, 2.45) is 16.5 Å². The number of nitrogens with two attached hydrogens (primary N) is 2. The Hall–Kier alpha value is -1.25.